The Balaban J connectivity index is 1.57. The minimum Gasteiger partial charge on any atom is -0.493 e. The van der Waals surface area contributed by atoms with Gasteiger partial charge in [-0.15, -0.1) is 0 Å². The number of ether oxygens (including phenoxy) is 2. The largest absolute Gasteiger partial charge is 0.493 e. The number of nitrogens with one attached hydrogen (secondary N) is 2. The molecule has 0 aromatic heterocycles. The lowest BCUT2D eigenvalue weighted by molar-refractivity contribution is -0.120. The average molecular weight is 470 g/mol. The zero-order valence-electron chi connectivity index (χ0n) is 17.7. The third-order valence-electron chi connectivity index (χ3n) is 4.34. The van der Waals surface area contributed by atoms with Crippen molar-refractivity contribution in [3.63, 3.8) is 0 Å². The highest BCUT2D eigenvalue weighted by atomic mass is 35.5. The van der Waals surface area contributed by atoms with Gasteiger partial charge >= 0.3 is 0 Å². The van der Waals surface area contributed by atoms with Crippen molar-refractivity contribution in [2.45, 2.75) is 6.42 Å². The topological polar surface area (TPSA) is 89.0 Å². The lowest BCUT2D eigenvalue weighted by Crippen LogP contribution is -2.20. The maximum Gasteiger partial charge on any atom is 0.262 e. The minimum atomic E-state index is -0.368. The van der Waals surface area contributed by atoms with Crippen LogP contribution in [0.2, 0.25) is 5.02 Å². The fourth-order valence-electron chi connectivity index (χ4n) is 2.82. The summed E-state index contributed by atoms with van der Waals surface area (Å²) in [7, 11) is 1.44. The van der Waals surface area contributed by atoms with Gasteiger partial charge in [0.25, 0.3) is 5.91 Å². The van der Waals surface area contributed by atoms with E-state index in [9.17, 15) is 14.0 Å². The van der Waals surface area contributed by atoms with Crippen molar-refractivity contribution >= 4 is 35.3 Å². The van der Waals surface area contributed by atoms with Crippen molar-refractivity contribution in [3.8, 4) is 11.5 Å². The van der Waals surface area contributed by atoms with Crippen molar-refractivity contribution in [1.29, 1.82) is 0 Å². The fraction of sp³-hybridized carbons (Fsp3) is 0.125. The van der Waals surface area contributed by atoms with E-state index in [-0.39, 0.29) is 41.4 Å². The first kappa shape index (κ1) is 23.7. The van der Waals surface area contributed by atoms with Crippen LogP contribution in [0, 0.1) is 5.82 Å². The maximum atomic E-state index is 12.9. The number of hydrazone groups is 1. The molecule has 0 fully saturated rings. The number of anilines is 1. The van der Waals surface area contributed by atoms with Crippen molar-refractivity contribution in [2.24, 2.45) is 5.10 Å². The van der Waals surface area contributed by atoms with Gasteiger partial charge in [-0.2, -0.15) is 5.10 Å². The molecule has 2 amide bonds. The number of hydrogen-bond donors (Lipinski definition) is 2. The van der Waals surface area contributed by atoms with Crippen LogP contribution in [-0.4, -0.2) is 31.7 Å². The smallest absolute Gasteiger partial charge is 0.262 e. The van der Waals surface area contributed by atoms with E-state index in [4.69, 9.17) is 21.1 Å². The Hall–Kier alpha value is -3.91. The Labute approximate surface area is 195 Å². The monoisotopic (exact) mass is 469 g/mol. The average Bonchev–Trinajstić information content (AvgIpc) is 2.80. The van der Waals surface area contributed by atoms with Crippen LogP contribution in [0.25, 0.3) is 0 Å². The number of methoxy groups -OCH3 is 1. The minimum absolute atomic E-state index is 0.0551. The molecule has 3 aromatic carbocycles. The van der Waals surface area contributed by atoms with E-state index in [1.54, 1.807) is 24.3 Å². The fourth-order valence-corrected chi connectivity index (χ4v) is 3.09. The van der Waals surface area contributed by atoms with Gasteiger partial charge in [0, 0.05) is 5.69 Å². The van der Waals surface area contributed by atoms with Crippen LogP contribution >= 0.6 is 11.6 Å². The van der Waals surface area contributed by atoms with Crippen LogP contribution in [0.3, 0.4) is 0 Å². The molecule has 0 saturated carbocycles. The second-order valence-electron chi connectivity index (χ2n) is 6.83. The van der Waals surface area contributed by atoms with Crippen molar-refractivity contribution in [3.05, 3.63) is 88.7 Å². The highest BCUT2D eigenvalue weighted by Crippen LogP contribution is 2.36. The lowest BCUT2D eigenvalue weighted by atomic mass is 10.1. The van der Waals surface area contributed by atoms with Crippen LogP contribution in [0.5, 0.6) is 11.5 Å². The van der Waals surface area contributed by atoms with Crippen LogP contribution in [0.4, 0.5) is 10.1 Å². The first-order valence-corrected chi connectivity index (χ1v) is 10.2. The molecule has 3 aromatic rings. The van der Waals surface area contributed by atoms with Gasteiger partial charge in [-0.3, -0.25) is 9.59 Å². The molecular weight excluding hydrogens is 449 g/mol. The molecule has 3 rings (SSSR count). The van der Waals surface area contributed by atoms with E-state index in [0.717, 1.165) is 0 Å². The molecule has 33 heavy (non-hydrogen) atoms. The van der Waals surface area contributed by atoms with E-state index >= 15 is 0 Å². The number of carbonyl (C=O) groups is 2. The Kier molecular flexibility index (Phi) is 8.37. The number of benzene rings is 3. The molecule has 0 saturated heterocycles. The number of halogens is 2. The summed E-state index contributed by atoms with van der Waals surface area (Å²) in [4.78, 5) is 24.1. The Morgan fingerprint density at radius 3 is 2.48 bits per heavy atom. The third-order valence-corrected chi connectivity index (χ3v) is 4.62. The predicted octanol–water partition coefficient (Wildman–Crippen LogP) is 4.20. The zero-order chi connectivity index (χ0) is 23.6. The van der Waals surface area contributed by atoms with Gasteiger partial charge in [0.15, 0.2) is 18.1 Å². The normalized spacial score (nSPS) is 10.6. The summed E-state index contributed by atoms with van der Waals surface area (Å²) in [6.07, 6.45) is 1.45. The molecule has 0 radical (unpaired) electrons. The van der Waals surface area contributed by atoms with E-state index in [0.29, 0.717) is 22.6 Å². The highest BCUT2D eigenvalue weighted by molar-refractivity contribution is 6.32. The standard InChI is InChI=1S/C24H21ClFN3O4/c1-32-21-12-17(14-27-29-22(30)13-16-7-9-18(26)10-8-16)11-20(25)24(21)33-15-23(31)28-19-5-3-2-4-6-19/h2-12,14H,13,15H2,1H3,(H,28,31)(H,29,30)/b27-14+. The molecule has 0 aliphatic rings. The zero-order valence-corrected chi connectivity index (χ0v) is 18.4. The number of nitrogens with zero attached hydrogens (tertiary/aromatic N) is 1. The molecule has 0 bridgehead atoms. The number of carbonyl (C=O) groups excluding carboxylic acids is 2. The molecule has 0 spiro atoms. The van der Waals surface area contributed by atoms with Gasteiger partial charge in [0.05, 0.1) is 24.8 Å². The van der Waals surface area contributed by atoms with E-state index < -0.39 is 0 Å². The third kappa shape index (κ3) is 7.33. The summed E-state index contributed by atoms with van der Waals surface area (Å²) in [5.41, 5.74) is 4.25. The first-order valence-electron chi connectivity index (χ1n) is 9.86. The van der Waals surface area contributed by atoms with Crippen LogP contribution < -0.4 is 20.2 Å². The molecule has 2 N–H and O–H groups in total. The summed E-state index contributed by atoms with van der Waals surface area (Å²) in [5.74, 6) is -0.574. The van der Waals surface area contributed by atoms with Crippen molar-refractivity contribution < 1.29 is 23.5 Å². The number of amides is 2. The molecule has 0 unspecified atom stereocenters. The molecule has 0 atom stereocenters. The van der Waals surface area contributed by atoms with Crippen LogP contribution in [0.15, 0.2) is 71.8 Å². The molecule has 9 heteroatoms. The maximum absolute atomic E-state index is 12.9. The quantitative estimate of drug-likeness (QED) is 0.363. The summed E-state index contributed by atoms with van der Waals surface area (Å²) < 4.78 is 23.8. The Morgan fingerprint density at radius 2 is 1.79 bits per heavy atom. The molecular formula is C24H21ClFN3O4. The van der Waals surface area contributed by atoms with Gasteiger partial charge in [0.1, 0.15) is 5.82 Å². The summed E-state index contributed by atoms with van der Waals surface area (Å²) in [5, 5.41) is 6.83. The predicted molar refractivity (Wildman–Crippen MR) is 124 cm³/mol. The van der Waals surface area contributed by atoms with E-state index in [1.807, 2.05) is 18.2 Å². The van der Waals surface area contributed by atoms with Gasteiger partial charge in [-0.25, -0.2) is 9.82 Å². The highest BCUT2D eigenvalue weighted by Gasteiger charge is 2.14. The number of hydrogen-bond acceptors (Lipinski definition) is 5. The number of rotatable bonds is 9. The van der Waals surface area contributed by atoms with Crippen LogP contribution in [0.1, 0.15) is 11.1 Å². The van der Waals surface area contributed by atoms with Gasteiger partial charge in [-0.05, 0) is 47.5 Å². The number of para-hydroxylation sites is 1. The molecule has 0 aliphatic heterocycles. The van der Waals surface area contributed by atoms with E-state index in [2.05, 4.69) is 15.8 Å². The molecule has 170 valence electrons. The summed E-state index contributed by atoms with van der Waals surface area (Å²) in [6, 6.07) is 17.8. The van der Waals surface area contributed by atoms with Gasteiger partial charge < -0.3 is 14.8 Å². The molecule has 7 nitrogen and oxygen atoms in total. The summed E-state index contributed by atoms with van der Waals surface area (Å²) >= 11 is 6.30. The van der Waals surface area contributed by atoms with E-state index in [1.165, 1.54) is 37.6 Å². The second-order valence-corrected chi connectivity index (χ2v) is 7.24. The van der Waals surface area contributed by atoms with Crippen molar-refractivity contribution in [1.82, 2.24) is 5.43 Å². The van der Waals surface area contributed by atoms with Gasteiger partial charge in [0.2, 0.25) is 5.91 Å². The lowest BCUT2D eigenvalue weighted by Gasteiger charge is -2.13. The van der Waals surface area contributed by atoms with Gasteiger partial charge in [-0.1, -0.05) is 41.9 Å². The van der Waals surface area contributed by atoms with Crippen molar-refractivity contribution in [2.75, 3.05) is 19.0 Å². The SMILES string of the molecule is COc1cc(/C=N/NC(=O)Cc2ccc(F)cc2)cc(Cl)c1OCC(=O)Nc1ccccc1. The Bertz CT molecular complexity index is 1140. The first-order chi connectivity index (χ1) is 15.9. The Morgan fingerprint density at radius 1 is 1.06 bits per heavy atom. The summed E-state index contributed by atoms with van der Waals surface area (Å²) in [6.45, 7) is -0.266. The molecule has 0 heterocycles. The van der Waals surface area contributed by atoms with Crippen LogP contribution in [-0.2, 0) is 16.0 Å². The second kappa shape index (κ2) is 11.6. The molecule has 0 aliphatic carbocycles.